The number of esters is 4. The molecular formula is C17H22BrN3O9. The maximum atomic E-state index is 11.8. The van der Waals surface area contributed by atoms with Crippen molar-refractivity contribution >= 4 is 39.8 Å². The Morgan fingerprint density at radius 1 is 0.967 bits per heavy atom. The summed E-state index contributed by atoms with van der Waals surface area (Å²) in [6.45, 7) is 4.36. The van der Waals surface area contributed by atoms with Crippen LogP contribution in [0.2, 0.25) is 0 Å². The summed E-state index contributed by atoms with van der Waals surface area (Å²) < 4.78 is 28.4. The van der Waals surface area contributed by atoms with Gasteiger partial charge in [0.15, 0.2) is 24.5 Å². The Hall–Kier alpha value is -2.54. The zero-order chi connectivity index (χ0) is 22.4. The van der Waals surface area contributed by atoms with E-state index in [1.807, 2.05) is 0 Å². The normalized spacial score (nSPS) is 25.8. The molecule has 30 heavy (non-hydrogen) atoms. The summed E-state index contributed by atoms with van der Waals surface area (Å²) in [4.78, 5) is 50.7. The standard InChI is InChI=1S/C17H22BrN3O9/c1-8(22)26-6-12-14(27-9(2)23)15(28-10(3)24)16(29-11(4)25)17(30-12)21-13(5-18)19-7-20-21/h7,12,14-17H,5-6H2,1-4H3/t12-,14-,15+,16+,17-/m1/s1. The topological polar surface area (TPSA) is 145 Å². The molecule has 2 rings (SSSR count). The molecule has 0 amide bonds. The quantitative estimate of drug-likeness (QED) is 0.297. The van der Waals surface area contributed by atoms with Crippen molar-refractivity contribution in [2.45, 2.75) is 63.7 Å². The fourth-order valence-electron chi connectivity index (χ4n) is 2.98. The molecule has 0 aliphatic carbocycles. The van der Waals surface area contributed by atoms with Gasteiger partial charge >= 0.3 is 23.9 Å². The van der Waals surface area contributed by atoms with Crippen LogP contribution in [0.1, 0.15) is 39.7 Å². The molecule has 0 aromatic carbocycles. The second-order valence-electron chi connectivity index (χ2n) is 6.34. The Kier molecular flexibility index (Phi) is 8.29. The van der Waals surface area contributed by atoms with E-state index in [-0.39, 0.29) is 6.61 Å². The Labute approximate surface area is 180 Å². The van der Waals surface area contributed by atoms with Crippen LogP contribution in [-0.2, 0) is 48.2 Å². The van der Waals surface area contributed by atoms with Crippen LogP contribution in [-0.4, -0.2) is 69.7 Å². The molecule has 5 atom stereocenters. The lowest BCUT2D eigenvalue weighted by Gasteiger charge is -2.44. The van der Waals surface area contributed by atoms with Crippen molar-refractivity contribution < 1.29 is 42.9 Å². The molecule has 0 unspecified atom stereocenters. The number of carbonyl (C=O) groups excluding carboxylic acids is 4. The fourth-order valence-corrected chi connectivity index (χ4v) is 3.39. The van der Waals surface area contributed by atoms with Gasteiger partial charge in [-0.25, -0.2) is 9.67 Å². The van der Waals surface area contributed by atoms with Gasteiger partial charge < -0.3 is 23.7 Å². The number of carbonyl (C=O) groups is 4. The summed E-state index contributed by atoms with van der Waals surface area (Å²) in [5.74, 6) is -2.26. The summed E-state index contributed by atoms with van der Waals surface area (Å²) in [5.41, 5.74) is 0. The zero-order valence-electron chi connectivity index (χ0n) is 16.8. The van der Waals surface area contributed by atoms with Crippen molar-refractivity contribution in [3.05, 3.63) is 12.2 Å². The van der Waals surface area contributed by atoms with Crippen molar-refractivity contribution in [2.24, 2.45) is 0 Å². The van der Waals surface area contributed by atoms with Crippen molar-refractivity contribution in [3.63, 3.8) is 0 Å². The van der Waals surface area contributed by atoms with Gasteiger partial charge in [-0.05, 0) is 0 Å². The third-order valence-corrected chi connectivity index (χ3v) is 4.48. The second kappa shape index (κ2) is 10.5. The molecule has 1 fully saturated rings. The zero-order valence-corrected chi connectivity index (χ0v) is 18.4. The highest BCUT2D eigenvalue weighted by molar-refractivity contribution is 9.08. The average molecular weight is 492 g/mol. The van der Waals surface area contributed by atoms with Gasteiger partial charge in [-0.1, -0.05) is 15.9 Å². The highest BCUT2D eigenvalue weighted by Crippen LogP contribution is 2.35. The van der Waals surface area contributed by atoms with E-state index in [1.165, 1.54) is 24.9 Å². The molecule has 1 aromatic heterocycles. The smallest absolute Gasteiger partial charge is 0.303 e. The van der Waals surface area contributed by atoms with Crippen molar-refractivity contribution in [2.75, 3.05) is 6.61 Å². The molecule has 2 heterocycles. The molecule has 0 radical (unpaired) electrons. The summed E-state index contributed by atoms with van der Waals surface area (Å²) in [7, 11) is 0. The van der Waals surface area contributed by atoms with E-state index in [9.17, 15) is 19.2 Å². The molecule has 1 aliphatic heterocycles. The van der Waals surface area contributed by atoms with Gasteiger partial charge in [0.1, 0.15) is 24.9 Å². The maximum Gasteiger partial charge on any atom is 0.303 e. The molecule has 0 bridgehead atoms. The molecule has 166 valence electrons. The molecule has 0 spiro atoms. The SMILES string of the molecule is CC(=O)OC[C@H]1O[C@@H](n2ncnc2CBr)[C@@H](OC(C)=O)[C@@H](OC(C)=O)[C@@H]1OC(C)=O. The average Bonchev–Trinajstić information content (AvgIpc) is 3.10. The molecule has 0 N–H and O–H groups in total. The van der Waals surface area contributed by atoms with E-state index in [4.69, 9.17) is 23.7 Å². The number of hydrogen-bond donors (Lipinski definition) is 0. The monoisotopic (exact) mass is 491 g/mol. The van der Waals surface area contributed by atoms with Gasteiger partial charge in [0.05, 0.1) is 5.33 Å². The number of hydrogen-bond acceptors (Lipinski definition) is 11. The van der Waals surface area contributed by atoms with Gasteiger partial charge in [-0.15, -0.1) is 0 Å². The van der Waals surface area contributed by atoms with E-state index < -0.39 is 54.5 Å². The van der Waals surface area contributed by atoms with E-state index in [1.54, 1.807) is 0 Å². The Morgan fingerprint density at radius 3 is 2.07 bits per heavy atom. The van der Waals surface area contributed by atoms with E-state index in [0.717, 1.165) is 13.8 Å². The first-order valence-electron chi connectivity index (χ1n) is 8.88. The van der Waals surface area contributed by atoms with Gasteiger partial charge in [0, 0.05) is 27.7 Å². The lowest BCUT2D eigenvalue weighted by molar-refractivity contribution is -0.270. The second-order valence-corrected chi connectivity index (χ2v) is 6.91. The van der Waals surface area contributed by atoms with Crippen molar-refractivity contribution in [3.8, 4) is 0 Å². The fraction of sp³-hybridized carbons (Fsp3) is 0.647. The minimum atomic E-state index is -1.26. The predicted octanol–water partition coefficient (Wildman–Crippen LogP) is 0.429. The van der Waals surface area contributed by atoms with Crippen LogP contribution >= 0.6 is 15.9 Å². The summed E-state index contributed by atoms with van der Waals surface area (Å²) in [5, 5.41) is 4.39. The van der Waals surface area contributed by atoms with Crippen molar-refractivity contribution in [1.29, 1.82) is 0 Å². The van der Waals surface area contributed by atoms with Gasteiger partial charge in [0.25, 0.3) is 0 Å². The first kappa shape index (κ1) is 23.7. The third kappa shape index (κ3) is 5.98. The first-order valence-corrected chi connectivity index (χ1v) is 10.0. The third-order valence-electron chi connectivity index (χ3n) is 3.97. The molecular weight excluding hydrogens is 470 g/mol. The van der Waals surface area contributed by atoms with Crippen molar-refractivity contribution in [1.82, 2.24) is 14.8 Å². The highest BCUT2D eigenvalue weighted by atomic mass is 79.9. The van der Waals surface area contributed by atoms with Gasteiger partial charge in [0.2, 0.25) is 0 Å². The maximum absolute atomic E-state index is 11.8. The van der Waals surface area contributed by atoms with Gasteiger partial charge in [-0.3, -0.25) is 19.2 Å². The van der Waals surface area contributed by atoms with Crippen LogP contribution in [0.4, 0.5) is 0 Å². The molecule has 0 saturated carbocycles. The molecule has 12 nitrogen and oxygen atoms in total. The number of alkyl halides is 1. The van der Waals surface area contributed by atoms with Gasteiger partial charge in [-0.2, -0.15) is 5.10 Å². The Morgan fingerprint density at radius 2 is 1.53 bits per heavy atom. The number of aromatic nitrogens is 3. The largest absolute Gasteiger partial charge is 0.463 e. The van der Waals surface area contributed by atoms with Crippen LogP contribution in [0.15, 0.2) is 6.33 Å². The lowest BCUT2D eigenvalue weighted by Crippen LogP contribution is -2.60. The van der Waals surface area contributed by atoms with Crippen LogP contribution in [0.25, 0.3) is 0 Å². The number of halogens is 1. The number of nitrogens with zero attached hydrogens (tertiary/aromatic N) is 3. The first-order chi connectivity index (χ1) is 14.1. The molecule has 1 aliphatic rings. The van der Waals surface area contributed by atoms with Crippen LogP contribution < -0.4 is 0 Å². The highest BCUT2D eigenvalue weighted by Gasteiger charge is 2.53. The van der Waals surface area contributed by atoms with E-state index in [2.05, 4.69) is 26.0 Å². The van der Waals surface area contributed by atoms with Crippen LogP contribution in [0, 0.1) is 0 Å². The minimum absolute atomic E-state index is 0.292. The summed E-state index contributed by atoms with van der Waals surface area (Å²) in [6, 6.07) is 0. The summed E-state index contributed by atoms with van der Waals surface area (Å²) in [6.07, 6.45) is -4.61. The summed E-state index contributed by atoms with van der Waals surface area (Å²) >= 11 is 3.28. The molecule has 13 heteroatoms. The minimum Gasteiger partial charge on any atom is -0.463 e. The molecule has 1 aromatic rings. The Bertz CT molecular complexity index is 799. The predicted molar refractivity (Wildman–Crippen MR) is 99.9 cm³/mol. The number of rotatable bonds is 7. The Balaban J connectivity index is 2.53. The molecule has 1 saturated heterocycles. The van der Waals surface area contributed by atoms with Crippen LogP contribution in [0.3, 0.4) is 0 Å². The van der Waals surface area contributed by atoms with E-state index >= 15 is 0 Å². The van der Waals surface area contributed by atoms with E-state index in [0.29, 0.717) is 11.2 Å². The van der Waals surface area contributed by atoms with Crippen LogP contribution in [0.5, 0.6) is 0 Å². The lowest BCUT2D eigenvalue weighted by atomic mass is 9.97. The number of ether oxygens (including phenoxy) is 5.